The first-order valence-corrected chi connectivity index (χ1v) is 9.52. The maximum atomic E-state index is 13.8. The fourth-order valence-electron chi connectivity index (χ4n) is 2.40. The van der Waals surface area contributed by atoms with Gasteiger partial charge in [-0.25, -0.2) is 17.5 Å². The van der Waals surface area contributed by atoms with Crippen molar-refractivity contribution in [2.24, 2.45) is 0 Å². The van der Waals surface area contributed by atoms with E-state index in [0.29, 0.717) is 0 Å². The third kappa shape index (κ3) is 5.25. The number of sulfonamides is 1. The number of carbonyl (C=O) groups excluding carboxylic acids is 1. The predicted octanol–water partition coefficient (Wildman–Crippen LogP) is 2.40. The molecule has 0 heterocycles. The van der Waals surface area contributed by atoms with Crippen LogP contribution in [-0.4, -0.2) is 41.2 Å². The quantitative estimate of drug-likeness (QED) is 0.715. The third-order valence-corrected chi connectivity index (χ3v) is 5.21. The van der Waals surface area contributed by atoms with Gasteiger partial charge in [-0.05, 0) is 37.3 Å². The SMILES string of the molecule is COC[C@H](C)NS(=O)(=O)c1ccc(OC)c(NC(=O)c2ccccc2F)c1. The highest BCUT2D eigenvalue weighted by molar-refractivity contribution is 7.89. The highest BCUT2D eigenvalue weighted by Gasteiger charge is 2.20. The lowest BCUT2D eigenvalue weighted by molar-refractivity contribution is 0.102. The van der Waals surface area contributed by atoms with E-state index in [1.54, 1.807) is 6.92 Å². The lowest BCUT2D eigenvalue weighted by atomic mass is 10.2. The van der Waals surface area contributed by atoms with Gasteiger partial charge in [-0.2, -0.15) is 0 Å². The molecule has 0 aliphatic carbocycles. The van der Waals surface area contributed by atoms with Gasteiger partial charge in [-0.15, -0.1) is 0 Å². The number of carbonyl (C=O) groups is 1. The van der Waals surface area contributed by atoms with E-state index >= 15 is 0 Å². The van der Waals surface area contributed by atoms with E-state index in [0.717, 1.165) is 6.07 Å². The number of hydrogen-bond acceptors (Lipinski definition) is 5. The number of ether oxygens (including phenoxy) is 2. The molecule has 0 saturated heterocycles. The Bertz CT molecular complexity index is 918. The maximum absolute atomic E-state index is 13.8. The average Bonchev–Trinajstić information content (AvgIpc) is 2.61. The van der Waals surface area contributed by atoms with Gasteiger partial charge in [0, 0.05) is 13.2 Å². The summed E-state index contributed by atoms with van der Waals surface area (Å²) in [7, 11) is -1.01. The van der Waals surface area contributed by atoms with Crippen molar-refractivity contribution >= 4 is 21.6 Å². The highest BCUT2D eigenvalue weighted by Crippen LogP contribution is 2.28. The van der Waals surface area contributed by atoms with Gasteiger partial charge in [0.25, 0.3) is 5.91 Å². The van der Waals surface area contributed by atoms with E-state index < -0.39 is 27.8 Å². The first kappa shape index (κ1) is 20.8. The minimum atomic E-state index is -3.85. The smallest absolute Gasteiger partial charge is 0.258 e. The molecule has 1 amide bonds. The van der Waals surface area contributed by atoms with Crippen LogP contribution in [0.1, 0.15) is 17.3 Å². The lowest BCUT2D eigenvalue weighted by Gasteiger charge is -2.15. The van der Waals surface area contributed by atoms with Gasteiger partial charge < -0.3 is 14.8 Å². The summed E-state index contributed by atoms with van der Waals surface area (Å²) in [4.78, 5) is 12.3. The monoisotopic (exact) mass is 396 g/mol. The van der Waals surface area contributed by atoms with Crippen LogP contribution in [0, 0.1) is 5.82 Å². The van der Waals surface area contributed by atoms with E-state index in [4.69, 9.17) is 9.47 Å². The zero-order valence-corrected chi connectivity index (χ0v) is 16.0. The normalized spacial score (nSPS) is 12.4. The largest absolute Gasteiger partial charge is 0.495 e. The minimum Gasteiger partial charge on any atom is -0.495 e. The lowest BCUT2D eigenvalue weighted by Crippen LogP contribution is -2.35. The standard InChI is InChI=1S/C18H21FN2O5S/c1-12(11-25-2)21-27(23,24)13-8-9-17(26-3)16(10-13)20-18(22)14-6-4-5-7-15(14)19/h4-10,12,21H,11H2,1-3H3,(H,20,22)/t12-/m0/s1. The summed E-state index contributed by atoms with van der Waals surface area (Å²) in [6.45, 7) is 1.86. The Morgan fingerprint density at radius 2 is 1.89 bits per heavy atom. The topological polar surface area (TPSA) is 93.7 Å². The van der Waals surface area contributed by atoms with Crippen molar-refractivity contribution in [3.8, 4) is 5.75 Å². The van der Waals surface area contributed by atoms with Crippen molar-refractivity contribution in [2.45, 2.75) is 17.9 Å². The van der Waals surface area contributed by atoms with E-state index in [1.165, 1.54) is 50.6 Å². The second-order valence-corrected chi connectivity index (χ2v) is 7.49. The van der Waals surface area contributed by atoms with Crippen LogP contribution in [0.4, 0.5) is 10.1 Å². The second-order valence-electron chi connectivity index (χ2n) is 5.77. The van der Waals surface area contributed by atoms with Crippen LogP contribution in [0.3, 0.4) is 0 Å². The molecule has 2 aromatic rings. The summed E-state index contributed by atoms with van der Waals surface area (Å²) < 4.78 is 51.3. The predicted molar refractivity (Wildman–Crippen MR) is 99.0 cm³/mol. The molecular formula is C18H21FN2O5S. The van der Waals surface area contributed by atoms with Gasteiger partial charge in [0.05, 0.1) is 29.9 Å². The van der Waals surface area contributed by atoms with Gasteiger partial charge >= 0.3 is 0 Å². The van der Waals surface area contributed by atoms with Crippen LogP contribution in [0.25, 0.3) is 0 Å². The summed E-state index contributed by atoms with van der Waals surface area (Å²) in [5.74, 6) is -1.17. The Morgan fingerprint density at radius 3 is 2.52 bits per heavy atom. The second kappa shape index (κ2) is 8.94. The molecule has 0 unspecified atom stereocenters. The van der Waals surface area contributed by atoms with Crippen molar-refractivity contribution in [3.05, 3.63) is 53.8 Å². The number of rotatable bonds is 8. The molecule has 7 nitrogen and oxygen atoms in total. The molecule has 0 aromatic heterocycles. The molecule has 27 heavy (non-hydrogen) atoms. The molecule has 146 valence electrons. The average molecular weight is 396 g/mol. The number of nitrogens with one attached hydrogen (secondary N) is 2. The van der Waals surface area contributed by atoms with Gasteiger partial charge in [-0.1, -0.05) is 12.1 Å². The molecule has 0 bridgehead atoms. The van der Waals surface area contributed by atoms with Crippen molar-refractivity contribution < 1.29 is 27.1 Å². The van der Waals surface area contributed by atoms with Crippen LogP contribution in [0.15, 0.2) is 47.4 Å². The molecular weight excluding hydrogens is 375 g/mol. The Kier molecular flexibility index (Phi) is 6.89. The minimum absolute atomic E-state index is 0.0740. The van der Waals surface area contributed by atoms with Crippen molar-refractivity contribution in [1.82, 2.24) is 4.72 Å². The molecule has 2 rings (SSSR count). The molecule has 2 aromatic carbocycles. The maximum Gasteiger partial charge on any atom is 0.258 e. The molecule has 2 N–H and O–H groups in total. The zero-order chi connectivity index (χ0) is 20.0. The summed E-state index contributed by atoms with van der Waals surface area (Å²) in [5.41, 5.74) is -0.0623. The molecule has 0 fully saturated rings. The summed E-state index contributed by atoms with van der Waals surface area (Å²) in [6, 6.07) is 9.04. The first-order valence-electron chi connectivity index (χ1n) is 8.03. The Morgan fingerprint density at radius 1 is 1.19 bits per heavy atom. The molecule has 0 saturated carbocycles. The zero-order valence-electron chi connectivity index (χ0n) is 15.2. The van der Waals surface area contributed by atoms with E-state index in [1.807, 2.05) is 0 Å². The number of benzene rings is 2. The number of amides is 1. The van der Waals surface area contributed by atoms with Crippen LogP contribution in [-0.2, 0) is 14.8 Å². The third-order valence-electron chi connectivity index (χ3n) is 3.62. The molecule has 0 aliphatic heterocycles. The summed E-state index contributed by atoms with van der Waals surface area (Å²) in [6.07, 6.45) is 0. The molecule has 0 spiro atoms. The highest BCUT2D eigenvalue weighted by atomic mass is 32.2. The molecule has 1 atom stereocenters. The van der Waals surface area contributed by atoms with Gasteiger partial charge in [0.1, 0.15) is 11.6 Å². The van der Waals surface area contributed by atoms with Gasteiger partial charge in [0.15, 0.2) is 0 Å². The van der Waals surface area contributed by atoms with Crippen molar-refractivity contribution in [2.75, 3.05) is 26.1 Å². The fraction of sp³-hybridized carbons (Fsp3) is 0.278. The molecule has 0 radical (unpaired) electrons. The van der Waals surface area contributed by atoms with Crippen LogP contribution < -0.4 is 14.8 Å². The van der Waals surface area contributed by atoms with Gasteiger partial charge in [0.2, 0.25) is 10.0 Å². The molecule has 9 heteroatoms. The molecule has 0 aliphatic rings. The van der Waals surface area contributed by atoms with Gasteiger partial charge in [-0.3, -0.25) is 4.79 Å². The Hall–Kier alpha value is -2.49. The van der Waals surface area contributed by atoms with Crippen LogP contribution >= 0.6 is 0 Å². The van der Waals surface area contributed by atoms with E-state index in [-0.39, 0.29) is 28.5 Å². The van der Waals surface area contributed by atoms with Crippen LogP contribution in [0.5, 0.6) is 5.75 Å². The number of halogens is 1. The fourth-order valence-corrected chi connectivity index (χ4v) is 3.66. The van der Waals surface area contributed by atoms with Crippen molar-refractivity contribution in [3.63, 3.8) is 0 Å². The summed E-state index contributed by atoms with van der Waals surface area (Å²) >= 11 is 0. The summed E-state index contributed by atoms with van der Waals surface area (Å²) in [5, 5.41) is 2.49. The van der Waals surface area contributed by atoms with Crippen molar-refractivity contribution in [1.29, 1.82) is 0 Å². The first-order chi connectivity index (χ1) is 12.8. The Labute approximate surface area is 157 Å². The number of anilines is 1. The van der Waals surface area contributed by atoms with E-state index in [2.05, 4.69) is 10.0 Å². The van der Waals surface area contributed by atoms with E-state index in [9.17, 15) is 17.6 Å². The number of hydrogen-bond donors (Lipinski definition) is 2. The Balaban J connectivity index is 2.32. The van der Waals surface area contributed by atoms with Crippen LogP contribution in [0.2, 0.25) is 0 Å². The number of methoxy groups -OCH3 is 2.